The molecular formula is C24H23N3O4. The summed E-state index contributed by atoms with van der Waals surface area (Å²) in [7, 11) is 1.29. The van der Waals surface area contributed by atoms with Crippen LogP contribution in [0.4, 0.5) is 11.4 Å². The Labute approximate surface area is 180 Å². The molecule has 3 aromatic rings. The van der Waals surface area contributed by atoms with Gasteiger partial charge in [-0.15, -0.1) is 0 Å². The van der Waals surface area contributed by atoms with Crippen LogP contribution in [-0.2, 0) is 16.0 Å². The Hall–Kier alpha value is -4.13. The number of esters is 1. The van der Waals surface area contributed by atoms with E-state index >= 15 is 0 Å². The molecule has 0 spiro atoms. The third kappa shape index (κ3) is 5.93. The summed E-state index contributed by atoms with van der Waals surface area (Å²) < 4.78 is 4.66. The molecule has 0 heterocycles. The predicted molar refractivity (Wildman–Crippen MR) is 119 cm³/mol. The predicted octanol–water partition coefficient (Wildman–Crippen LogP) is 3.04. The lowest BCUT2D eigenvalue weighted by Gasteiger charge is -2.19. The Morgan fingerprint density at radius 3 is 2.10 bits per heavy atom. The van der Waals surface area contributed by atoms with Crippen LogP contribution < -0.4 is 16.4 Å². The van der Waals surface area contributed by atoms with Gasteiger partial charge < -0.3 is 21.1 Å². The lowest BCUT2D eigenvalue weighted by molar-refractivity contribution is -0.118. The number of amides is 2. The van der Waals surface area contributed by atoms with Crippen molar-refractivity contribution in [2.24, 2.45) is 0 Å². The molecular weight excluding hydrogens is 394 g/mol. The molecule has 3 aromatic carbocycles. The number of rotatable bonds is 7. The Balaban J connectivity index is 1.76. The third-order valence-corrected chi connectivity index (χ3v) is 4.65. The molecule has 3 rings (SSSR count). The van der Waals surface area contributed by atoms with Gasteiger partial charge in [0.2, 0.25) is 5.91 Å². The van der Waals surface area contributed by atoms with Crippen molar-refractivity contribution >= 4 is 29.2 Å². The quantitative estimate of drug-likeness (QED) is 0.404. The number of hydrogen-bond acceptors (Lipinski definition) is 5. The first-order valence-electron chi connectivity index (χ1n) is 9.66. The monoisotopic (exact) mass is 417 g/mol. The van der Waals surface area contributed by atoms with Crippen molar-refractivity contribution in [1.82, 2.24) is 5.32 Å². The molecule has 7 heteroatoms. The summed E-state index contributed by atoms with van der Waals surface area (Å²) in [5, 5.41) is 5.59. The molecule has 31 heavy (non-hydrogen) atoms. The van der Waals surface area contributed by atoms with E-state index in [4.69, 9.17) is 5.73 Å². The highest BCUT2D eigenvalue weighted by molar-refractivity contribution is 6.01. The second-order valence-corrected chi connectivity index (χ2v) is 6.90. The van der Waals surface area contributed by atoms with E-state index in [0.717, 1.165) is 5.56 Å². The highest BCUT2D eigenvalue weighted by atomic mass is 16.5. The fraction of sp³-hybridized carbons (Fsp3) is 0.125. The standard InChI is InChI=1S/C24H23N3O4/c1-31-24(30)18-9-7-17(8-10-18)22(28)27-21(15-16-5-3-2-4-6-16)23(29)26-20-13-11-19(25)12-14-20/h2-14,21H,15,25H2,1H3,(H,26,29)(H,27,28)/t21-/m1/s1. The van der Waals surface area contributed by atoms with E-state index in [1.165, 1.54) is 31.4 Å². The summed E-state index contributed by atoms with van der Waals surface area (Å²) >= 11 is 0. The van der Waals surface area contributed by atoms with E-state index in [2.05, 4.69) is 15.4 Å². The van der Waals surface area contributed by atoms with Crippen molar-refractivity contribution in [1.29, 1.82) is 0 Å². The molecule has 0 aliphatic heterocycles. The fourth-order valence-electron chi connectivity index (χ4n) is 2.97. The molecule has 0 fully saturated rings. The first-order valence-corrected chi connectivity index (χ1v) is 9.66. The minimum atomic E-state index is -0.812. The SMILES string of the molecule is COC(=O)c1ccc(C(=O)N[C@H](Cc2ccccc2)C(=O)Nc2ccc(N)cc2)cc1. The first kappa shape index (κ1) is 21.6. The lowest BCUT2D eigenvalue weighted by Crippen LogP contribution is -2.45. The number of ether oxygens (including phenoxy) is 1. The van der Waals surface area contributed by atoms with E-state index < -0.39 is 17.9 Å². The van der Waals surface area contributed by atoms with Gasteiger partial charge in [0.25, 0.3) is 5.91 Å². The summed E-state index contributed by atoms with van der Waals surface area (Å²) in [5.74, 6) is -1.27. The molecule has 7 nitrogen and oxygen atoms in total. The number of hydrogen-bond donors (Lipinski definition) is 3. The van der Waals surface area contributed by atoms with Gasteiger partial charge in [0.05, 0.1) is 12.7 Å². The Kier molecular flexibility index (Phi) is 7.01. The van der Waals surface area contributed by atoms with Gasteiger partial charge in [-0.1, -0.05) is 30.3 Å². The van der Waals surface area contributed by atoms with Crippen LogP contribution in [-0.4, -0.2) is 30.9 Å². The molecule has 0 saturated heterocycles. The maximum Gasteiger partial charge on any atom is 0.337 e. The second-order valence-electron chi connectivity index (χ2n) is 6.90. The van der Waals surface area contributed by atoms with Crippen LogP contribution in [0.2, 0.25) is 0 Å². The largest absolute Gasteiger partial charge is 0.465 e. The van der Waals surface area contributed by atoms with Crippen molar-refractivity contribution in [3.8, 4) is 0 Å². The number of nitrogens with one attached hydrogen (secondary N) is 2. The number of methoxy groups -OCH3 is 1. The van der Waals surface area contributed by atoms with Crippen molar-refractivity contribution in [3.05, 3.63) is 95.6 Å². The zero-order valence-electron chi connectivity index (χ0n) is 17.0. The number of carbonyl (C=O) groups excluding carboxylic acids is 3. The summed E-state index contributed by atoms with van der Waals surface area (Å²) in [5.41, 5.74) is 8.42. The molecule has 0 aliphatic carbocycles. The van der Waals surface area contributed by atoms with Crippen LogP contribution in [0.3, 0.4) is 0 Å². The smallest absolute Gasteiger partial charge is 0.337 e. The van der Waals surface area contributed by atoms with E-state index in [0.29, 0.717) is 28.9 Å². The van der Waals surface area contributed by atoms with Gasteiger partial charge in [-0.25, -0.2) is 4.79 Å². The van der Waals surface area contributed by atoms with E-state index in [1.807, 2.05) is 30.3 Å². The van der Waals surface area contributed by atoms with Gasteiger partial charge in [0.15, 0.2) is 0 Å². The minimum absolute atomic E-state index is 0.313. The summed E-state index contributed by atoms with van der Waals surface area (Å²) in [6.07, 6.45) is 0.313. The Bertz CT molecular complexity index is 1050. The second kappa shape index (κ2) is 10.1. The van der Waals surface area contributed by atoms with Gasteiger partial charge in [0, 0.05) is 23.4 Å². The fourth-order valence-corrected chi connectivity index (χ4v) is 2.97. The normalized spacial score (nSPS) is 11.3. The van der Waals surface area contributed by atoms with Crippen LogP contribution in [0.25, 0.3) is 0 Å². The van der Waals surface area contributed by atoms with Crippen LogP contribution in [0.5, 0.6) is 0 Å². The van der Waals surface area contributed by atoms with Gasteiger partial charge in [-0.05, 0) is 54.1 Å². The van der Waals surface area contributed by atoms with Crippen LogP contribution in [0, 0.1) is 0 Å². The molecule has 0 unspecified atom stereocenters. The number of nitrogen functional groups attached to an aromatic ring is 1. The van der Waals surface area contributed by atoms with Gasteiger partial charge in [-0.2, -0.15) is 0 Å². The van der Waals surface area contributed by atoms with Gasteiger partial charge in [-0.3, -0.25) is 9.59 Å². The molecule has 1 atom stereocenters. The average molecular weight is 417 g/mol. The lowest BCUT2D eigenvalue weighted by atomic mass is 10.0. The van der Waals surface area contributed by atoms with Crippen molar-refractivity contribution in [2.45, 2.75) is 12.5 Å². The van der Waals surface area contributed by atoms with E-state index in [9.17, 15) is 14.4 Å². The summed E-state index contributed by atoms with van der Waals surface area (Å²) in [6.45, 7) is 0. The van der Waals surface area contributed by atoms with Gasteiger partial charge in [0.1, 0.15) is 6.04 Å². The number of benzene rings is 3. The average Bonchev–Trinajstić information content (AvgIpc) is 2.80. The highest BCUT2D eigenvalue weighted by Gasteiger charge is 2.22. The number of carbonyl (C=O) groups is 3. The summed E-state index contributed by atoms with van der Waals surface area (Å²) in [4.78, 5) is 37.3. The Morgan fingerprint density at radius 1 is 0.871 bits per heavy atom. The van der Waals surface area contributed by atoms with Crippen LogP contribution in [0.15, 0.2) is 78.9 Å². The molecule has 0 radical (unpaired) electrons. The highest BCUT2D eigenvalue weighted by Crippen LogP contribution is 2.13. The maximum atomic E-state index is 12.9. The van der Waals surface area contributed by atoms with Crippen molar-refractivity contribution < 1.29 is 19.1 Å². The summed E-state index contributed by atoms with van der Waals surface area (Å²) in [6, 6.07) is 21.4. The molecule has 0 aromatic heterocycles. The third-order valence-electron chi connectivity index (χ3n) is 4.65. The first-order chi connectivity index (χ1) is 15.0. The molecule has 0 bridgehead atoms. The molecule has 2 amide bonds. The Morgan fingerprint density at radius 2 is 1.48 bits per heavy atom. The van der Waals surface area contributed by atoms with E-state index in [1.54, 1.807) is 24.3 Å². The molecule has 0 saturated carbocycles. The van der Waals surface area contributed by atoms with Crippen LogP contribution in [0.1, 0.15) is 26.3 Å². The number of nitrogens with two attached hydrogens (primary N) is 1. The zero-order valence-corrected chi connectivity index (χ0v) is 17.0. The van der Waals surface area contributed by atoms with Crippen molar-refractivity contribution in [2.75, 3.05) is 18.2 Å². The molecule has 4 N–H and O–H groups in total. The molecule has 158 valence electrons. The maximum absolute atomic E-state index is 12.9. The molecule has 0 aliphatic rings. The van der Waals surface area contributed by atoms with Gasteiger partial charge >= 0.3 is 5.97 Å². The van der Waals surface area contributed by atoms with Crippen molar-refractivity contribution in [3.63, 3.8) is 0 Å². The number of anilines is 2. The topological polar surface area (TPSA) is 111 Å². The van der Waals surface area contributed by atoms with Crippen LogP contribution >= 0.6 is 0 Å². The minimum Gasteiger partial charge on any atom is -0.465 e. The zero-order chi connectivity index (χ0) is 22.2. The van der Waals surface area contributed by atoms with E-state index in [-0.39, 0.29) is 5.91 Å².